The molecule has 0 saturated carbocycles. The number of fused-ring (bicyclic) bond motifs is 6. The molecule has 0 unspecified atom stereocenters. The molecule has 9 aromatic carbocycles. The summed E-state index contributed by atoms with van der Waals surface area (Å²) in [5.74, 6) is 0. The van der Waals surface area contributed by atoms with Gasteiger partial charge in [0.15, 0.2) is 0 Å². The van der Waals surface area contributed by atoms with Gasteiger partial charge in [-0.2, -0.15) is 0 Å². The molecule has 0 aliphatic heterocycles. The van der Waals surface area contributed by atoms with E-state index < -0.39 is 0 Å². The van der Waals surface area contributed by atoms with Crippen molar-refractivity contribution in [3.63, 3.8) is 0 Å². The largest absolute Gasteiger partial charge is 0.135 e. The Hall–Kier alpha value is -5.24. The Bertz CT molecular complexity index is 2730. The summed E-state index contributed by atoms with van der Waals surface area (Å²) in [5, 5.41) is 15.8. The fraction of sp³-hybridized carbons (Fsp3) is 0. The maximum absolute atomic E-state index is 2.40. The highest BCUT2D eigenvalue weighted by Gasteiger charge is 2.16. The summed E-state index contributed by atoms with van der Waals surface area (Å²) in [6.07, 6.45) is 0. The van der Waals surface area contributed by atoms with Gasteiger partial charge in [0.25, 0.3) is 0 Å². The number of hydrogen-bond donors (Lipinski definition) is 0. The van der Waals surface area contributed by atoms with Gasteiger partial charge in [-0.05, 0) is 113 Å². The highest BCUT2D eigenvalue weighted by Crippen LogP contribution is 2.45. The lowest BCUT2D eigenvalue weighted by molar-refractivity contribution is 1.68. The van der Waals surface area contributed by atoms with Crippen LogP contribution in [-0.2, 0) is 0 Å². The topological polar surface area (TPSA) is 0 Å². The molecule has 1 heteroatoms. The maximum atomic E-state index is 2.40. The zero-order valence-electron chi connectivity index (χ0n) is 23.3. The van der Waals surface area contributed by atoms with Crippen molar-refractivity contribution in [1.29, 1.82) is 0 Å². The SMILES string of the molecule is c1ccc2c(c1)ccc1c3ccccc3c(-c3ccc4cc(-c5cc6cccc7sc8cccc5c8c67)ccc4c3)cc21. The maximum Gasteiger partial charge on any atom is 0.0361 e. The number of rotatable bonds is 2. The Balaban J connectivity index is 1.18. The molecule has 0 N–H and O–H groups in total. The van der Waals surface area contributed by atoms with Crippen molar-refractivity contribution in [1.82, 2.24) is 0 Å². The molecule has 0 bridgehead atoms. The monoisotopic (exact) mass is 560 g/mol. The minimum atomic E-state index is 1.25. The summed E-state index contributed by atoms with van der Waals surface area (Å²) < 4.78 is 2.74. The van der Waals surface area contributed by atoms with E-state index in [2.05, 4.69) is 146 Å². The van der Waals surface area contributed by atoms with Gasteiger partial charge in [0, 0.05) is 20.2 Å². The van der Waals surface area contributed by atoms with Crippen LogP contribution >= 0.6 is 11.3 Å². The van der Waals surface area contributed by atoms with Crippen LogP contribution in [0, 0.1) is 0 Å². The van der Waals surface area contributed by atoms with Crippen molar-refractivity contribution >= 4 is 85.4 Å². The fourth-order valence-electron chi connectivity index (χ4n) is 7.39. The van der Waals surface area contributed by atoms with E-state index in [1.807, 2.05) is 11.3 Å². The Morgan fingerprint density at radius 3 is 1.70 bits per heavy atom. The van der Waals surface area contributed by atoms with Crippen LogP contribution in [0.4, 0.5) is 0 Å². The number of hydrogen-bond acceptors (Lipinski definition) is 1. The molecule has 0 fully saturated rings. The number of benzene rings is 9. The van der Waals surface area contributed by atoms with E-state index in [9.17, 15) is 0 Å². The molecule has 0 aliphatic rings. The lowest BCUT2D eigenvalue weighted by Crippen LogP contribution is -1.87. The minimum absolute atomic E-state index is 1.25. The lowest BCUT2D eigenvalue weighted by atomic mass is 9.89. The summed E-state index contributed by atoms with van der Waals surface area (Å²) in [6.45, 7) is 0. The van der Waals surface area contributed by atoms with Gasteiger partial charge in [-0.25, -0.2) is 0 Å². The average molecular weight is 561 g/mol. The molecular formula is C42H24S. The molecule has 0 radical (unpaired) electrons. The van der Waals surface area contributed by atoms with E-state index in [1.54, 1.807) is 0 Å². The smallest absolute Gasteiger partial charge is 0.0361 e. The summed E-state index contributed by atoms with van der Waals surface area (Å²) in [6, 6.07) is 54.3. The lowest BCUT2D eigenvalue weighted by Gasteiger charge is -2.14. The second kappa shape index (κ2) is 8.64. The second-order valence-electron chi connectivity index (χ2n) is 11.7. The Labute approximate surface area is 252 Å². The average Bonchev–Trinajstić information content (AvgIpc) is 3.46. The molecule has 10 rings (SSSR count). The number of thiophene rings is 1. The van der Waals surface area contributed by atoms with Gasteiger partial charge in [-0.1, -0.05) is 109 Å². The molecule has 1 aromatic heterocycles. The van der Waals surface area contributed by atoms with E-state index >= 15 is 0 Å². The van der Waals surface area contributed by atoms with Crippen LogP contribution in [-0.4, -0.2) is 0 Å². The normalized spacial score (nSPS) is 12.2. The van der Waals surface area contributed by atoms with Gasteiger partial charge in [0.05, 0.1) is 0 Å². The summed E-state index contributed by atoms with van der Waals surface area (Å²) in [7, 11) is 0. The van der Waals surface area contributed by atoms with E-state index in [4.69, 9.17) is 0 Å². The molecule has 1 heterocycles. The zero-order valence-corrected chi connectivity index (χ0v) is 24.1. The molecule has 198 valence electrons. The van der Waals surface area contributed by atoms with Crippen LogP contribution in [0.3, 0.4) is 0 Å². The first kappa shape index (κ1) is 23.3. The predicted molar refractivity (Wildman–Crippen MR) is 189 cm³/mol. The van der Waals surface area contributed by atoms with Gasteiger partial charge in [-0.15, -0.1) is 11.3 Å². The standard InChI is InChI=1S/C42H24S/c1-2-9-31-25(7-1)19-20-34-32-10-3-4-11-33(32)37(24-38(31)34)29-18-16-26-21-28(17-15-27(26)22-29)36-23-30-8-5-13-39-41(30)42-35(36)12-6-14-40(42)43-39/h1-24H. The van der Waals surface area contributed by atoms with Gasteiger partial charge in [-0.3, -0.25) is 0 Å². The van der Waals surface area contributed by atoms with E-state index in [1.165, 1.54) is 96.3 Å². The third kappa shape index (κ3) is 3.31. The fourth-order valence-corrected chi connectivity index (χ4v) is 8.56. The molecule has 0 saturated heterocycles. The van der Waals surface area contributed by atoms with Crippen LogP contribution in [0.2, 0.25) is 0 Å². The molecule has 0 aliphatic carbocycles. The zero-order chi connectivity index (χ0) is 28.1. The van der Waals surface area contributed by atoms with Crippen molar-refractivity contribution in [2.24, 2.45) is 0 Å². The van der Waals surface area contributed by atoms with Crippen LogP contribution in [0.1, 0.15) is 0 Å². The Kier molecular flexibility index (Phi) is 4.69. The van der Waals surface area contributed by atoms with Gasteiger partial charge < -0.3 is 0 Å². The second-order valence-corrected chi connectivity index (χ2v) is 12.8. The van der Waals surface area contributed by atoms with Crippen LogP contribution in [0.15, 0.2) is 146 Å². The Morgan fingerprint density at radius 1 is 0.302 bits per heavy atom. The summed E-state index contributed by atoms with van der Waals surface area (Å²) in [5.41, 5.74) is 5.11. The van der Waals surface area contributed by atoms with E-state index in [-0.39, 0.29) is 0 Å². The Morgan fingerprint density at radius 2 is 0.884 bits per heavy atom. The molecule has 0 nitrogen and oxygen atoms in total. The van der Waals surface area contributed by atoms with Gasteiger partial charge in [0.2, 0.25) is 0 Å². The molecule has 0 amide bonds. The summed E-state index contributed by atoms with van der Waals surface area (Å²) >= 11 is 1.90. The van der Waals surface area contributed by atoms with Crippen molar-refractivity contribution < 1.29 is 0 Å². The van der Waals surface area contributed by atoms with Crippen LogP contribution < -0.4 is 0 Å². The van der Waals surface area contributed by atoms with Crippen molar-refractivity contribution in [2.75, 3.05) is 0 Å². The van der Waals surface area contributed by atoms with Gasteiger partial charge in [0.1, 0.15) is 0 Å². The van der Waals surface area contributed by atoms with Crippen LogP contribution in [0.25, 0.3) is 96.3 Å². The first-order valence-corrected chi connectivity index (χ1v) is 15.7. The molecular weight excluding hydrogens is 537 g/mol. The third-order valence-corrected chi connectivity index (χ3v) is 10.5. The first-order valence-electron chi connectivity index (χ1n) is 14.8. The van der Waals surface area contributed by atoms with Crippen LogP contribution in [0.5, 0.6) is 0 Å². The highest BCUT2D eigenvalue weighted by atomic mass is 32.1. The summed E-state index contributed by atoms with van der Waals surface area (Å²) in [4.78, 5) is 0. The third-order valence-electron chi connectivity index (χ3n) is 9.37. The molecule has 43 heavy (non-hydrogen) atoms. The van der Waals surface area contributed by atoms with E-state index in [0.717, 1.165) is 0 Å². The predicted octanol–water partition coefficient (Wildman–Crippen LogP) is 12.6. The van der Waals surface area contributed by atoms with E-state index in [0.29, 0.717) is 0 Å². The minimum Gasteiger partial charge on any atom is -0.135 e. The molecule has 0 atom stereocenters. The van der Waals surface area contributed by atoms with Crippen molar-refractivity contribution in [2.45, 2.75) is 0 Å². The molecule has 10 aromatic rings. The quantitative estimate of drug-likeness (QED) is 0.184. The highest BCUT2D eigenvalue weighted by molar-refractivity contribution is 7.26. The first-order chi connectivity index (χ1) is 21.3. The van der Waals surface area contributed by atoms with Gasteiger partial charge >= 0.3 is 0 Å². The van der Waals surface area contributed by atoms with Crippen molar-refractivity contribution in [3.8, 4) is 22.3 Å². The van der Waals surface area contributed by atoms with Crippen molar-refractivity contribution in [3.05, 3.63) is 146 Å². The molecule has 0 spiro atoms.